The highest BCUT2D eigenvalue weighted by atomic mass is 32.1. The summed E-state index contributed by atoms with van der Waals surface area (Å²) in [6.45, 7) is 3.22. The monoisotopic (exact) mass is 332 g/mol. The molecule has 2 aromatic rings. The number of hydrogen-bond acceptors (Lipinski definition) is 5. The molecule has 3 aliphatic rings. The number of thiazole rings is 1. The summed E-state index contributed by atoms with van der Waals surface area (Å²) >= 11 is 1.28. The van der Waals surface area contributed by atoms with Crippen LogP contribution in [0.2, 0.25) is 0 Å². The van der Waals surface area contributed by atoms with Gasteiger partial charge in [-0.1, -0.05) is 0 Å². The third-order valence-electron chi connectivity index (χ3n) is 4.68. The quantitative estimate of drug-likeness (QED) is 0.875. The standard InChI is InChI=1S/C16H17FN4OS/c17-14-7-11(1-4-18-14)13-8-19-16(23-13)15(22)20-12-9-21-5-2-10(12)3-6-21/h1,4,7-8,10,12H,2-3,5-6,9H2,(H,20,22). The Labute approximate surface area is 137 Å². The van der Waals surface area contributed by atoms with Crippen molar-refractivity contribution in [2.75, 3.05) is 19.6 Å². The first-order chi connectivity index (χ1) is 11.2. The molecule has 1 unspecified atom stereocenters. The molecule has 7 heteroatoms. The molecule has 1 amide bonds. The first-order valence-electron chi connectivity index (χ1n) is 7.80. The summed E-state index contributed by atoms with van der Waals surface area (Å²) in [6.07, 6.45) is 5.34. The molecular weight excluding hydrogens is 315 g/mol. The van der Waals surface area contributed by atoms with Crippen LogP contribution in [0.4, 0.5) is 4.39 Å². The van der Waals surface area contributed by atoms with Gasteiger partial charge >= 0.3 is 0 Å². The van der Waals surface area contributed by atoms with E-state index in [0.29, 0.717) is 16.5 Å². The number of nitrogens with zero attached hydrogens (tertiary/aromatic N) is 3. The third-order valence-corrected chi connectivity index (χ3v) is 5.73. The molecule has 5 rings (SSSR count). The van der Waals surface area contributed by atoms with Gasteiger partial charge in [-0.3, -0.25) is 4.79 Å². The maximum Gasteiger partial charge on any atom is 0.280 e. The number of carbonyl (C=O) groups is 1. The van der Waals surface area contributed by atoms with Crippen molar-refractivity contribution in [2.24, 2.45) is 5.92 Å². The van der Waals surface area contributed by atoms with Crippen LogP contribution in [0.3, 0.4) is 0 Å². The smallest absolute Gasteiger partial charge is 0.280 e. The Bertz CT molecular complexity index is 726. The van der Waals surface area contributed by atoms with Crippen LogP contribution in [0, 0.1) is 11.9 Å². The zero-order valence-corrected chi connectivity index (χ0v) is 13.4. The van der Waals surface area contributed by atoms with Crippen LogP contribution >= 0.6 is 11.3 Å². The second-order valence-corrected chi connectivity index (χ2v) is 7.15. The van der Waals surface area contributed by atoms with Crippen molar-refractivity contribution >= 4 is 17.2 Å². The number of aromatic nitrogens is 2. The van der Waals surface area contributed by atoms with Crippen LogP contribution in [0.5, 0.6) is 0 Å². The first-order valence-corrected chi connectivity index (χ1v) is 8.61. The van der Waals surface area contributed by atoms with E-state index in [0.717, 1.165) is 37.4 Å². The van der Waals surface area contributed by atoms with Gasteiger partial charge in [-0.15, -0.1) is 11.3 Å². The lowest BCUT2D eigenvalue weighted by molar-refractivity contribution is 0.0620. The van der Waals surface area contributed by atoms with Crippen molar-refractivity contribution in [2.45, 2.75) is 18.9 Å². The fraction of sp³-hybridized carbons (Fsp3) is 0.438. The number of carbonyl (C=O) groups excluding carboxylic acids is 1. The molecule has 3 aliphatic heterocycles. The molecule has 0 saturated carbocycles. The Hall–Kier alpha value is -1.86. The molecule has 1 atom stereocenters. The Morgan fingerprint density at radius 3 is 2.87 bits per heavy atom. The Morgan fingerprint density at radius 1 is 1.35 bits per heavy atom. The van der Waals surface area contributed by atoms with Gasteiger partial charge in [0.25, 0.3) is 5.91 Å². The van der Waals surface area contributed by atoms with Gasteiger partial charge in [-0.05, 0) is 43.5 Å². The summed E-state index contributed by atoms with van der Waals surface area (Å²) in [5, 5.41) is 3.55. The van der Waals surface area contributed by atoms with Gasteiger partial charge in [-0.2, -0.15) is 4.39 Å². The summed E-state index contributed by atoms with van der Waals surface area (Å²) < 4.78 is 13.2. The van der Waals surface area contributed by atoms with Crippen molar-refractivity contribution in [3.8, 4) is 10.4 Å². The fourth-order valence-corrected chi connectivity index (χ4v) is 4.24. The Kier molecular flexibility index (Phi) is 3.82. The molecule has 0 aromatic carbocycles. The maximum atomic E-state index is 13.2. The van der Waals surface area contributed by atoms with Gasteiger partial charge in [-0.25, -0.2) is 9.97 Å². The number of piperidine rings is 3. The van der Waals surface area contributed by atoms with Crippen LogP contribution < -0.4 is 5.32 Å². The van der Waals surface area contributed by atoms with E-state index in [1.54, 1.807) is 12.3 Å². The highest BCUT2D eigenvalue weighted by Crippen LogP contribution is 2.29. The zero-order chi connectivity index (χ0) is 15.8. The topological polar surface area (TPSA) is 58.1 Å². The van der Waals surface area contributed by atoms with Crippen LogP contribution in [-0.2, 0) is 0 Å². The molecule has 0 aliphatic carbocycles. The van der Waals surface area contributed by atoms with E-state index in [1.165, 1.54) is 23.6 Å². The molecule has 2 aromatic heterocycles. The molecule has 2 bridgehead atoms. The van der Waals surface area contributed by atoms with Gasteiger partial charge in [0.2, 0.25) is 5.95 Å². The van der Waals surface area contributed by atoms with E-state index in [9.17, 15) is 9.18 Å². The summed E-state index contributed by atoms with van der Waals surface area (Å²) in [6, 6.07) is 3.28. The highest BCUT2D eigenvalue weighted by molar-refractivity contribution is 7.16. The van der Waals surface area contributed by atoms with Gasteiger partial charge in [0.05, 0.1) is 4.88 Å². The second kappa shape index (κ2) is 5.98. The molecular formula is C16H17FN4OS. The molecule has 23 heavy (non-hydrogen) atoms. The molecule has 120 valence electrons. The van der Waals surface area contributed by atoms with Crippen molar-refractivity contribution < 1.29 is 9.18 Å². The van der Waals surface area contributed by atoms with Crippen LogP contribution in [-0.4, -0.2) is 46.5 Å². The number of rotatable bonds is 3. The molecule has 3 fully saturated rings. The lowest BCUT2D eigenvalue weighted by Gasteiger charge is -2.44. The number of pyridine rings is 1. The average molecular weight is 332 g/mol. The van der Waals surface area contributed by atoms with E-state index in [1.807, 2.05) is 0 Å². The van der Waals surface area contributed by atoms with E-state index < -0.39 is 5.95 Å². The van der Waals surface area contributed by atoms with Crippen molar-refractivity contribution in [1.29, 1.82) is 0 Å². The Balaban J connectivity index is 1.47. The van der Waals surface area contributed by atoms with E-state index in [2.05, 4.69) is 20.2 Å². The normalized spacial score (nSPS) is 26.2. The maximum absolute atomic E-state index is 13.2. The average Bonchev–Trinajstić information content (AvgIpc) is 3.06. The third kappa shape index (κ3) is 2.98. The molecule has 0 radical (unpaired) electrons. The summed E-state index contributed by atoms with van der Waals surface area (Å²) in [4.78, 5) is 23.3. The number of fused-ring (bicyclic) bond motifs is 3. The lowest BCUT2D eigenvalue weighted by atomic mass is 9.84. The van der Waals surface area contributed by atoms with E-state index >= 15 is 0 Å². The SMILES string of the molecule is O=C(NC1CN2CCC1CC2)c1ncc(-c2ccnc(F)c2)s1. The number of amides is 1. The second-order valence-electron chi connectivity index (χ2n) is 6.11. The van der Waals surface area contributed by atoms with Crippen LogP contribution in [0.1, 0.15) is 22.6 Å². The predicted molar refractivity (Wildman–Crippen MR) is 85.7 cm³/mol. The van der Waals surface area contributed by atoms with Crippen molar-refractivity contribution in [1.82, 2.24) is 20.2 Å². The molecule has 5 heterocycles. The highest BCUT2D eigenvalue weighted by Gasteiger charge is 2.35. The minimum atomic E-state index is -0.533. The van der Waals surface area contributed by atoms with Gasteiger partial charge < -0.3 is 10.2 Å². The number of hydrogen-bond donors (Lipinski definition) is 1. The number of halogens is 1. The van der Waals surface area contributed by atoms with E-state index in [4.69, 9.17) is 0 Å². The molecule has 1 N–H and O–H groups in total. The van der Waals surface area contributed by atoms with Gasteiger partial charge in [0, 0.05) is 31.0 Å². The first kappa shape index (κ1) is 14.7. The van der Waals surface area contributed by atoms with Crippen molar-refractivity contribution in [3.63, 3.8) is 0 Å². The summed E-state index contributed by atoms with van der Waals surface area (Å²) in [5.74, 6) is -0.0820. The zero-order valence-electron chi connectivity index (χ0n) is 12.5. The minimum Gasteiger partial charge on any atom is -0.346 e. The number of nitrogens with one attached hydrogen (secondary N) is 1. The van der Waals surface area contributed by atoms with E-state index in [-0.39, 0.29) is 11.9 Å². The molecule has 5 nitrogen and oxygen atoms in total. The van der Waals surface area contributed by atoms with Crippen LogP contribution in [0.15, 0.2) is 24.5 Å². The largest absolute Gasteiger partial charge is 0.346 e. The molecule has 0 spiro atoms. The summed E-state index contributed by atoms with van der Waals surface area (Å²) in [7, 11) is 0. The Morgan fingerprint density at radius 2 is 2.17 bits per heavy atom. The lowest BCUT2D eigenvalue weighted by Crippen LogP contribution is -2.57. The summed E-state index contributed by atoms with van der Waals surface area (Å²) in [5.41, 5.74) is 0.692. The van der Waals surface area contributed by atoms with Crippen molar-refractivity contribution in [3.05, 3.63) is 35.5 Å². The minimum absolute atomic E-state index is 0.130. The predicted octanol–water partition coefficient (Wildman–Crippen LogP) is 2.17. The van der Waals surface area contributed by atoms with Gasteiger partial charge in [0.1, 0.15) is 0 Å². The van der Waals surface area contributed by atoms with Gasteiger partial charge in [0.15, 0.2) is 5.01 Å². The fourth-order valence-electron chi connectivity index (χ4n) is 3.43. The molecule has 3 saturated heterocycles. The van der Waals surface area contributed by atoms with Crippen LogP contribution in [0.25, 0.3) is 10.4 Å².